The minimum atomic E-state index is -1.08. The normalized spacial score (nSPS) is 19.4. The maximum atomic E-state index is 11.4. The van der Waals surface area contributed by atoms with Crippen LogP contribution in [-0.2, 0) is 20.7 Å². The number of amides is 1. The van der Waals surface area contributed by atoms with Gasteiger partial charge in [-0.15, -0.1) is 0 Å². The Kier molecular flexibility index (Phi) is 4.87. The van der Waals surface area contributed by atoms with Crippen LogP contribution < -0.4 is 15.4 Å². The smallest absolute Gasteiger partial charge is 0.396 e. The number of hydrogen-bond donors (Lipinski definition) is 3. The van der Waals surface area contributed by atoms with Crippen molar-refractivity contribution in [3.63, 3.8) is 0 Å². The van der Waals surface area contributed by atoms with Crippen molar-refractivity contribution < 1.29 is 24.2 Å². The van der Waals surface area contributed by atoms with Gasteiger partial charge in [-0.3, -0.25) is 4.79 Å². The number of ether oxygens (including phenoxy) is 2. The third kappa shape index (κ3) is 4.11. The Labute approximate surface area is 128 Å². The van der Waals surface area contributed by atoms with E-state index in [0.717, 1.165) is 11.3 Å². The quantitative estimate of drug-likeness (QED) is 0.551. The predicted molar refractivity (Wildman–Crippen MR) is 79.5 cm³/mol. The Morgan fingerprint density at radius 2 is 2.27 bits per heavy atom. The highest BCUT2D eigenvalue weighted by Gasteiger charge is 2.27. The first-order valence-corrected chi connectivity index (χ1v) is 7.12. The molecule has 0 radical (unpaired) electrons. The van der Waals surface area contributed by atoms with Crippen LogP contribution in [0.3, 0.4) is 0 Å². The largest absolute Gasteiger partial charge is 0.486 e. The second-order valence-electron chi connectivity index (χ2n) is 5.24. The number of benzene rings is 1. The molecular weight excluding hydrogens is 288 g/mol. The average molecular weight is 308 g/mol. The lowest BCUT2D eigenvalue weighted by Crippen LogP contribution is -2.43. The third-order valence-electron chi connectivity index (χ3n) is 3.12. The molecule has 1 atom stereocenters. The number of aliphatic hydroxyl groups is 1. The first-order chi connectivity index (χ1) is 10.4. The number of hydrogen-bond acceptors (Lipinski definition) is 6. The summed E-state index contributed by atoms with van der Waals surface area (Å²) in [4.78, 5) is 22.5. The SMILES string of the molecule is CCOC(=O)C(=O)NCCc1ccc2c(c1)OC[C@](C)(O)N2. The lowest BCUT2D eigenvalue weighted by Gasteiger charge is -2.32. The molecule has 1 aromatic rings. The number of carbonyl (C=O) groups excluding carboxylic acids is 2. The van der Waals surface area contributed by atoms with Gasteiger partial charge in [-0.2, -0.15) is 0 Å². The van der Waals surface area contributed by atoms with Crippen LogP contribution in [0, 0.1) is 0 Å². The van der Waals surface area contributed by atoms with Crippen LogP contribution in [0.4, 0.5) is 5.69 Å². The summed E-state index contributed by atoms with van der Waals surface area (Å²) in [7, 11) is 0. The first-order valence-electron chi connectivity index (χ1n) is 7.12. The Hall–Kier alpha value is -2.28. The topological polar surface area (TPSA) is 96.9 Å². The molecule has 1 amide bonds. The number of anilines is 1. The van der Waals surface area contributed by atoms with E-state index < -0.39 is 17.6 Å². The van der Waals surface area contributed by atoms with E-state index in [-0.39, 0.29) is 13.2 Å². The fourth-order valence-electron chi connectivity index (χ4n) is 2.08. The lowest BCUT2D eigenvalue weighted by molar-refractivity contribution is -0.154. The fraction of sp³-hybridized carbons (Fsp3) is 0.467. The zero-order valence-corrected chi connectivity index (χ0v) is 12.6. The van der Waals surface area contributed by atoms with E-state index in [1.54, 1.807) is 13.8 Å². The van der Waals surface area contributed by atoms with Crippen LogP contribution in [0.15, 0.2) is 18.2 Å². The van der Waals surface area contributed by atoms with E-state index in [2.05, 4.69) is 15.4 Å². The molecule has 0 spiro atoms. The molecule has 0 bridgehead atoms. The zero-order chi connectivity index (χ0) is 16.2. The summed E-state index contributed by atoms with van der Waals surface area (Å²) in [5.41, 5.74) is 0.587. The summed E-state index contributed by atoms with van der Waals surface area (Å²) in [6, 6.07) is 5.52. The van der Waals surface area contributed by atoms with Crippen molar-refractivity contribution in [2.24, 2.45) is 0 Å². The fourth-order valence-corrected chi connectivity index (χ4v) is 2.08. The van der Waals surface area contributed by atoms with Crippen LogP contribution in [0.2, 0.25) is 0 Å². The summed E-state index contributed by atoms with van der Waals surface area (Å²) in [5, 5.41) is 15.3. The number of esters is 1. The number of carbonyl (C=O) groups is 2. The van der Waals surface area contributed by atoms with Crippen molar-refractivity contribution in [2.75, 3.05) is 25.1 Å². The Morgan fingerprint density at radius 3 is 3.00 bits per heavy atom. The van der Waals surface area contributed by atoms with Gasteiger partial charge >= 0.3 is 11.9 Å². The standard InChI is InChI=1S/C15H20N2O5/c1-3-21-14(19)13(18)16-7-6-10-4-5-11-12(8-10)22-9-15(2,20)17-11/h4-5,8,17,20H,3,6-7,9H2,1-2H3,(H,16,18)/t15-/m0/s1. The lowest BCUT2D eigenvalue weighted by atomic mass is 10.1. The van der Waals surface area contributed by atoms with Crippen LogP contribution in [0.25, 0.3) is 0 Å². The molecule has 120 valence electrons. The molecule has 0 aliphatic carbocycles. The molecule has 1 aromatic carbocycles. The van der Waals surface area contributed by atoms with Gasteiger partial charge in [-0.25, -0.2) is 4.79 Å². The molecule has 0 unspecified atom stereocenters. The van der Waals surface area contributed by atoms with Gasteiger partial charge in [0.15, 0.2) is 5.72 Å². The van der Waals surface area contributed by atoms with E-state index in [1.807, 2.05) is 18.2 Å². The monoisotopic (exact) mass is 308 g/mol. The maximum Gasteiger partial charge on any atom is 0.396 e. The van der Waals surface area contributed by atoms with Gasteiger partial charge in [-0.05, 0) is 38.0 Å². The van der Waals surface area contributed by atoms with Gasteiger partial charge in [0.2, 0.25) is 0 Å². The molecule has 1 aliphatic heterocycles. The molecule has 2 rings (SSSR count). The van der Waals surface area contributed by atoms with Gasteiger partial charge in [0.1, 0.15) is 12.4 Å². The molecule has 0 fully saturated rings. The molecule has 1 heterocycles. The minimum Gasteiger partial charge on any atom is -0.486 e. The van der Waals surface area contributed by atoms with Crippen LogP contribution in [-0.4, -0.2) is 42.5 Å². The summed E-state index contributed by atoms with van der Waals surface area (Å²) in [6.07, 6.45) is 0.554. The van der Waals surface area contributed by atoms with Crippen molar-refractivity contribution in [3.05, 3.63) is 23.8 Å². The van der Waals surface area contributed by atoms with Crippen molar-refractivity contribution in [1.82, 2.24) is 5.32 Å². The second-order valence-corrected chi connectivity index (χ2v) is 5.24. The highest BCUT2D eigenvalue weighted by atomic mass is 16.5. The Morgan fingerprint density at radius 1 is 1.50 bits per heavy atom. The highest BCUT2D eigenvalue weighted by Crippen LogP contribution is 2.32. The molecule has 0 saturated carbocycles. The summed E-state index contributed by atoms with van der Waals surface area (Å²) < 4.78 is 10.1. The molecular formula is C15H20N2O5. The van der Waals surface area contributed by atoms with E-state index in [0.29, 0.717) is 18.7 Å². The van der Waals surface area contributed by atoms with Crippen molar-refractivity contribution in [2.45, 2.75) is 26.0 Å². The minimum absolute atomic E-state index is 0.156. The number of fused-ring (bicyclic) bond motifs is 1. The van der Waals surface area contributed by atoms with Gasteiger partial charge < -0.3 is 25.2 Å². The Balaban J connectivity index is 1.87. The summed E-state index contributed by atoms with van der Waals surface area (Å²) in [6.45, 7) is 3.92. The van der Waals surface area contributed by atoms with Gasteiger partial charge in [0.25, 0.3) is 0 Å². The second kappa shape index (κ2) is 6.65. The van der Waals surface area contributed by atoms with E-state index in [4.69, 9.17) is 4.74 Å². The van der Waals surface area contributed by atoms with Crippen molar-refractivity contribution >= 4 is 17.6 Å². The van der Waals surface area contributed by atoms with E-state index >= 15 is 0 Å². The molecule has 0 aromatic heterocycles. The molecule has 22 heavy (non-hydrogen) atoms. The predicted octanol–water partition coefficient (Wildman–Crippen LogP) is 0.421. The highest BCUT2D eigenvalue weighted by molar-refractivity contribution is 6.32. The number of nitrogens with one attached hydrogen (secondary N) is 2. The van der Waals surface area contributed by atoms with Crippen LogP contribution in [0.1, 0.15) is 19.4 Å². The van der Waals surface area contributed by atoms with E-state index in [1.165, 1.54) is 0 Å². The van der Waals surface area contributed by atoms with Crippen LogP contribution >= 0.6 is 0 Å². The van der Waals surface area contributed by atoms with E-state index in [9.17, 15) is 14.7 Å². The molecule has 7 heteroatoms. The van der Waals surface area contributed by atoms with Crippen molar-refractivity contribution in [1.29, 1.82) is 0 Å². The number of rotatable bonds is 4. The average Bonchev–Trinajstić information content (AvgIpc) is 2.46. The zero-order valence-electron chi connectivity index (χ0n) is 12.6. The molecule has 7 nitrogen and oxygen atoms in total. The summed E-state index contributed by atoms with van der Waals surface area (Å²) >= 11 is 0. The van der Waals surface area contributed by atoms with Gasteiger partial charge in [-0.1, -0.05) is 6.07 Å². The molecule has 3 N–H and O–H groups in total. The molecule has 1 aliphatic rings. The third-order valence-corrected chi connectivity index (χ3v) is 3.12. The summed E-state index contributed by atoms with van der Waals surface area (Å²) in [5.74, 6) is -0.961. The first kappa shape index (κ1) is 16.1. The van der Waals surface area contributed by atoms with Gasteiger partial charge in [0.05, 0.1) is 12.3 Å². The van der Waals surface area contributed by atoms with Gasteiger partial charge in [0, 0.05) is 6.54 Å². The Bertz CT molecular complexity index is 571. The maximum absolute atomic E-state index is 11.4. The van der Waals surface area contributed by atoms with Crippen molar-refractivity contribution in [3.8, 4) is 5.75 Å². The van der Waals surface area contributed by atoms with Crippen LogP contribution in [0.5, 0.6) is 5.75 Å². The molecule has 0 saturated heterocycles.